The van der Waals surface area contributed by atoms with Gasteiger partial charge in [0.25, 0.3) is 0 Å². The second-order valence-electron chi connectivity index (χ2n) is 5.52. The van der Waals surface area contributed by atoms with E-state index in [2.05, 4.69) is 5.32 Å². The summed E-state index contributed by atoms with van der Waals surface area (Å²) in [5.41, 5.74) is 1.13. The molecule has 5 nitrogen and oxygen atoms in total. The summed E-state index contributed by atoms with van der Waals surface area (Å²) < 4.78 is 41.6. The van der Waals surface area contributed by atoms with Crippen LogP contribution in [0.5, 0.6) is 5.75 Å². The van der Waals surface area contributed by atoms with Crippen LogP contribution < -0.4 is 10.1 Å². The Hall–Kier alpha value is -2.25. The molecular formula is C15H16F3NO4. The second kappa shape index (κ2) is 6.47. The van der Waals surface area contributed by atoms with Crippen molar-refractivity contribution in [2.75, 3.05) is 6.61 Å². The molecule has 1 amide bonds. The van der Waals surface area contributed by atoms with Crippen LogP contribution in [0.15, 0.2) is 18.2 Å². The van der Waals surface area contributed by atoms with Crippen molar-refractivity contribution in [3.05, 3.63) is 29.3 Å². The number of ether oxygens (including phenoxy) is 1. The fourth-order valence-corrected chi connectivity index (χ4v) is 2.17. The van der Waals surface area contributed by atoms with Crippen molar-refractivity contribution in [2.24, 2.45) is 11.8 Å². The smallest absolute Gasteiger partial charge is 0.422 e. The minimum absolute atomic E-state index is 0.0187. The highest BCUT2D eigenvalue weighted by atomic mass is 19.4. The van der Waals surface area contributed by atoms with E-state index >= 15 is 0 Å². The molecule has 1 fully saturated rings. The molecule has 0 spiro atoms. The molecule has 1 aliphatic rings. The lowest BCUT2D eigenvalue weighted by Crippen LogP contribution is -2.26. The zero-order valence-corrected chi connectivity index (χ0v) is 12.3. The monoisotopic (exact) mass is 331 g/mol. The number of benzene rings is 1. The van der Waals surface area contributed by atoms with E-state index in [9.17, 15) is 22.8 Å². The van der Waals surface area contributed by atoms with E-state index in [1.165, 1.54) is 6.07 Å². The highest BCUT2D eigenvalue weighted by Gasteiger charge is 2.48. The number of carboxylic acids is 1. The van der Waals surface area contributed by atoms with Crippen molar-refractivity contribution >= 4 is 11.9 Å². The molecule has 2 N–H and O–H groups in total. The second-order valence-corrected chi connectivity index (χ2v) is 5.52. The Labute approximate surface area is 130 Å². The largest absolute Gasteiger partial charge is 0.484 e. The number of rotatable bonds is 6. The number of aryl methyl sites for hydroxylation is 1. The van der Waals surface area contributed by atoms with E-state index in [4.69, 9.17) is 9.84 Å². The lowest BCUT2D eigenvalue weighted by Gasteiger charge is -2.14. The van der Waals surface area contributed by atoms with Gasteiger partial charge < -0.3 is 15.2 Å². The number of carboxylic acid groups (broad SMARTS) is 1. The van der Waals surface area contributed by atoms with Crippen LogP contribution in [0.1, 0.15) is 17.5 Å². The van der Waals surface area contributed by atoms with Crippen LogP contribution in [0.3, 0.4) is 0 Å². The van der Waals surface area contributed by atoms with E-state index in [-0.39, 0.29) is 18.7 Å². The first-order chi connectivity index (χ1) is 10.7. The van der Waals surface area contributed by atoms with Crippen molar-refractivity contribution < 1.29 is 32.6 Å². The number of hydrogen-bond acceptors (Lipinski definition) is 3. The average Bonchev–Trinajstić information content (AvgIpc) is 3.23. The summed E-state index contributed by atoms with van der Waals surface area (Å²) in [7, 11) is 0. The Bertz CT molecular complexity index is 615. The lowest BCUT2D eigenvalue weighted by molar-refractivity contribution is -0.153. The molecule has 0 saturated heterocycles. The fraction of sp³-hybridized carbons (Fsp3) is 0.467. The topological polar surface area (TPSA) is 75.6 Å². The number of carbonyl (C=O) groups excluding carboxylic acids is 1. The van der Waals surface area contributed by atoms with Gasteiger partial charge in [0.1, 0.15) is 5.75 Å². The highest BCUT2D eigenvalue weighted by molar-refractivity contribution is 5.89. The van der Waals surface area contributed by atoms with Gasteiger partial charge in [-0.2, -0.15) is 13.2 Å². The maximum Gasteiger partial charge on any atom is 0.422 e. The van der Waals surface area contributed by atoms with Crippen molar-refractivity contribution in [3.63, 3.8) is 0 Å². The molecule has 2 unspecified atom stereocenters. The molecule has 1 aromatic rings. The molecule has 1 aromatic carbocycles. The third kappa shape index (κ3) is 4.87. The third-order valence-corrected chi connectivity index (χ3v) is 3.51. The molecule has 1 aliphatic carbocycles. The molecule has 126 valence electrons. The zero-order valence-electron chi connectivity index (χ0n) is 12.3. The molecule has 0 aromatic heterocycles. The molecule has 1 saturated carbocycles. The number of alkyl halides is 3. The van der Waals surface area contributed by atoms with Crippen molar-refractivity contribution in [1.82, 2.24) is 5.32 Å². The molecule has 0 heterocycles. The Morgan fingerprint density at radius 1 is 1.35 bits per heavy atom. The maximum absolute atomic E-state index is 12.3. The number of nitrogens with one attached hydrogen (secondary N) is 1. The van der Waals surface area contributed by atoms with Crippen LogP contribution >= 0.6 is 0 Å². The predicted molar refractivity (Wildman–Crippen MR) is 73.8 cm³/mol. The van der Waals surface area contributed by atoms with Crippen molar-refractivity contribution in [3.8, 4) is 5.75 Å². The quantitative estimate of drug-likeness (QED) is 0.838. The van der Waals surface area contributed by atoms with E-state index in [1.54, 1.807) is 19.1 Å². The molecular weight excluding hydrogens is 315 g/mol. The SMILES string of the molecule is Cc1ccc(CNC(=O)C2CC2C(=O)O)c(OCC(F)(F)F)c1. The third-order valence-electron chi connectivity index (χ3n) is 3.51. The molecule has 23 heavy (non-hydrogen) atoms. The van der Waals surface area contributed by atoms with Gasteiger partial charge in [-0.15, -0.1) is 0 Å². The van der Waals surface area contributed by atoms with Gasteiger partial charge in [-0.3, -0.25) is 9.59 Å². The number of carbonyl (C=O) groups is 2. The highest BCUT2D eigenvalue weighted by Crippen LogP contribution is 2.38. The van der Waals surface area contributed by atoms with Gasteiger partial charge in [0, 0.05) is 12.1 Å². The lowest BCUT2D eigenvalue weighted by atomic mass is 10.1. The minimum Gasteiger partial charge on any atom is -0.484 e. The summed E-state index contributed by atoms with van der Waals surface area (Å²) in [5.74, 6) is -2.63. The van der Waals surface area contributed by atoms with Gasteiger partial charge in [0.05, 0.1) is 11.8 Å². The number of hydrogen-bond donors (Lipinski definition) is 2. The summed E-state index contributed by atoms with van der Waals surface area (Å²) in [4.78, 5) is 22.5. The number of amides is 1. The Morgan fingerprint density at radius 3 is 2.61 bits per heavy atom. The Kier molecular flexibility index (Phi) is 4.82. The van der Waals surface area contributed by atoms with Crippen LogP contribution in [-0.4, -0.2) is 29.8 Å². The van der Waals surface area contributed by atoms with Gasteiger partial charge in [0.15, 0.2) is 6.61 Å². The molecule has 2 rings (SSSR count). The Morgan fingerprint density at radius 2 is 2.04 bits per heavy atom. The van der Waals surface area contributed by atoms with E-state index in [0.29, 0.717) is 5.56 Å². The van der Waals surface area contributed by atoms with Gasteiger partial charge in [-0.05, 0) is 25.0 Å². The van der Waals surface area contributed by atoms with Gasteiger partial charge in [-0.1, -0.05) is 12.1 Å². The predicted octanol–water partition coefficient (Wildman–Crippen LogP) is 2.27. The van der Waals surface area contributed by atoms with E-state index in [0.717, 1.165) is 5.56 Å². The van der Waals surface area contributed by atoms with Crippen LogP contribution in [0.25, 0.3) is 0 Å². The molecule has 0 bridgehead atoms. The van der Waals surface area contributed by atoms with Crippen LogP contribution in [0.2, 0.25) is 0 Å². The summed E-state index contributed by atoms with van der Waals surface area (Å²) in [6.07, 6.45) is -4.17. The fourth-order valence-electron chi connectivity index (χ4n) is 2.17. The zero-order chi connectivity index (χ0) is 17.2. The number of halogens is 3. The van der Waals surface area contributed by atoms with Gasteiger partial charge in [0.2, 0.25) is 5.91 Å². The van der Waals surface area contributed by atoms with E-state index in [1.807, 2.05) is 0 Å². The van der Waals surface area contributed by atoms with Crippen LogP contribution in [-0.2, 0) is 16.1 Å². The molecule has 2 atom stereocenters. The minimum atomic E-state index is -4.45. The van der Waals surface area contributed by atoms with Crippen molar-refractivity contribution in [2.45, 2.75) is 26.1 Å². The van der Waals surface area contributed by atoms with Crippen LogP contribution in [0.4, 0.5) is 13.2 Å². The first kappa shape index (κ1) is 17.1. The summed E-state index contributed by atoms with van der Waals surface area (Å²) in [6, 6.07) is 4.73. The van der Waals surface area contributed by atoms with Crippen molar-refractivity contribution in [1.29, 1.82) is 0 Å². The first-order valence-corrected chi connectivity index (χ1v) is 6.97. The molecule has 8 heteroatoms. The summed E-state index contributed by atoms with van der Waals surface area (Å²) >= 11 is 0. The average molecular weight is 331 g/mol. The summed E-state index contributed by atoms with van der Waals surface area (Å²) in [5, 5.41) is 11.3. The van der Waals surface area contributed by atoms with Gasteiger partial charge >= 0.3 is 12.1 Å². The van der Waals surface area contributed by atoms with E-state index < -0.39 is 36.5 Å². The number of aliphatic carboxylic acids is 1. The van der Waals surface area contributed by atoms with Crippen LogP contribution in [0, 0.1) is 18.8 Å². The summed E-state index contributed by atoms with van der Waals surface area (Å²) in [6.45, 7) is 0.278. The molecule has 0 radical (unpaired) electrons. The Balaban J connectivity index is 1.96. The normalized spacial score (nSPS) is 20.0. The first-order valence-electron chi connectivity index (χ1n) is 6.97. The van der Waals surface area contributed by atoms with Gasteiger partial charge in [-0.25, -0.2) is 0 Å². The maximum atomic E-state index is 12.3. The standard InChI is InChI=1S/C15H16F3NO4/c1-8-2-3-9(12(4-8)23-7-15(16,17)18)6-19-13(20)10-5-11(10)14(21)22/h2-4,10-11H,5-7H2,1H3,(H,19,20)(H,21,22). The molecule has 0 aliphatic heterocycles.